The predicted molar refractivity (Wildman–Crippen MR) is 96.8 cm³/mol. The molecule has 27 heavy (non-hydrogen) atoms. The SMILES string of the molecule is N#Cc1ccc(Cn2cncc2CNC(=O)c2ccc([N+](=O)[O-])cc2)cc1. The van der Waals surface area contributed by atoms with Crippen LogP contribution >= 0.6 is 0 Å². The molecule has 1 amide bonds. The molecule has 1 N–H and O–H groups in total. The second-order valence-corrected chi connectivity index (χ2v) is 5.81. The van der Waals surface area contributed by atoms with Gasteiger partial charge in [0.05, 0.1) is 35.1 Å². The molecule has 0 fully saturated rings. The molecule has 8 nitrogen and oxygen atoms in total. The van der Waals surface area contributed by atoms with E-state index in [2.05, 4.69) is 16.4 Å². The molecule has 134 valence electrons. The van der Waals surface area contributed by atoms with Gasteiger partial charge < -0.3 is 9.88 Å². The van der Waals surface area contributed by atoms with Crippen LogP contribution in [0.3, 0.4) is 0 Å². The Kier molecular flexibility index (Phi) is 5.23. The fourth-order valence-corrected chi connectivity index (χ4v) is 2.53. The van der Waals surface area contributed by atoms with E-state index in [1.165, 1.54) is 24.3 Å². The Morgan fingerprint density at radius 2 is 1.89 bits per heavy atom. The zero-order valence-corrected chi connectivity index (χ0v) is 14.2. The smallest absolute Gasteiger partial charge is 0.269 e. The molecule has 0 aliphatic rings. The number of nitro benzene ring substituents is 1. The van der Waals surface area contributed by atoms with Gasteiger partial charge in [-0.05, 0) is 29.8 Å². The fourth-order valence-electron chi connectivity index (χ4n) is 2.53. The predicted octanol–water partition coefficient (Wildman–Crippen LogP) is 2.64. The summed E-state index contributed by atoms with van der Waals surface area (Å²) in [4.78, 5) is 26.5. The highest BCUT2D eigenvalue weighted by molar-refractivity contribution is 5.94. The van der Waals surface area contributed by atoms with Crippen molar-refractivity contribution < 1.29 is 9.72 Å². The van der Waals surface area contributed by atoms with Gasteiger partial charge >= 0.3 is 0 Å². The van der Waals surface area contributed by atoms with Gasteiger partial charge in [0.25, 0.3) is 11.6 Å². The van der Waals surface area contributed by atoms with Crippen molar-refractivity contribution in [2.24, 2.45) is 0 Å². The molecule has 0 atom stereocenters. The summed E-state index contributed by atoms with van der Waals surface area (Å²) in [7, 11) is 0. The number of non-ortho nitro benzene ring substituents is 1. The highest BCUT2D eigenvalue weighted by Gasteiger charge is 2.10. The number of amides is 1. The van der Waals surface area contributed by atoms with E-state index in [1.54, 1.807) is 24.7 Å². The van der Waals surface area contributed by atoms with Crippen LogP contribution in [0.5, 0.6) is 0 Å². The van der Waals surface area contributed by atoms with Crippen LogP contribution in [0.4, 0.5) is 5.69 Å². The monoisotopic (exact) mass is 361 g/mol. The topological polar surface area (TPSA) is 114 Å². The van der Waals surface area contributed by atoms with Crippen molar-refractivity contribution in [2.75, 3.05) is 0 Å². The van der Waals surface area contributed by atoms with Crippen molar-refractivity contribution in [1.82, 2.24) is 14.9 Å². The summed E-state index contributed by atoms with van der Waals surface area (Å²) in [6, 6.07) is 14.8. The number of imidazole rings is 1. The summed E-state index contributed by atoms with van der Waals surface area (Å²) in [5.41, 5.74) is 2.70. The lowest BCUT2D eigenvalue weighted by atomic mass is 10.1. The van der Waals surface area contributed by atoms with Crippen molar-refractivity contribution in [3.05, 3.63) is 93.6 Å². The van der Waals surface area contributed by atoms with Crippen molar-refractivity contribution >= 4 is 11.6 Å². The summed E-state index contributed by atoms with van der Waals surface area (Å²) in [5.74, 6) is -0.323. The van der Waals surface area contributed by atoms with Crippen LogP contribution in [0.15, 0.2) is 61.1 Å². The molecule has 0 radical (unpaired) electrons. The average molecular weight is 361 g/mol. The number of carbonyl (C=O) groups excluding carboxylic acids is 1. The molecule has 3 rings (SSSR count). The standard InChI is InChI=1S/C19H15N5O3/c20-9-14-1-3-15(4-2-14)12-23-13-21-10-18(23)11-22-19(25)16-5-7-17(8-6-16)24(26)27/h1-8,10,13H,11-12H2,(H,22,25). The fraction of sp³-hybridized carbons (Fsp3) is 0.105. The molecule has 0 bridgehead atoms. The molecule has 2 aromatic carbocycles. The van der Waals surface area contributed by atoms with Crippen molar-refractivity contribution in [3.63, 3.8) is 0 Å². The zero-order valence-electron chi connectivity index (χ0n) is 14.2. The number of nitrogens with one attached hydrogen (secondary N) is 1. The Bertz CT molecular complexity index is 1000. The number of hydrogen-bond acceptors (Lipinski definition) is 5. The Labute approximate surface area is 154 Å². The lowest BCUT2D eigenvalue weighted by molar-refractivity contribution is -0.384. The first-order valence-electron chi connectivity index (χ1n) is 8.07. The summed E-state index contributed by atoms with van der Waals surface area (Å²) in [5, 5.41) is 22.3. The van der Waals surface area contributed by atoms with Crippen LogP contribution in [0.25, 0.3) is 0 Å². The molecular weight excluding hydrogens is 346 g/mol. The van der Waals surface area contributed by atoms with Crippen molar-refractivity contribution in [1.29, 1.82) is 5.26 Å². The van der Waals surface area contributed by atoms with Crippen LogP contribution in [0.1, 0.15) is 27.2 Å². The summed E-state index contributed by atoms with van der Waals surface area (Å²) in [6.07, 6.45) is 3.34. The molecule has 0 unspecified atom stereocenters. The maximum Gasteiger partial charge on any atom is 0.269 e. The molecule has 0 aliphatic carbocycles. The first-order valence-corrected chi connectivity index (χ1v) is 8.07. The van der Waals surface area contributed by atoms with E-state index in [0.717, 1.165) is 11.3 Å². The lowest BCUT2D eigenvalue weighted by Gasteiger charge is -2.10. The minimum atomic E-state index is -0.511. The van der Waals surface area contributed by atoms with Gasteiger partial charge in [-0.2, -0.15) is 5.26 Å². The van der Waals surface area contributed by atoms with Crippen LogP contribution < -0.4 is 5.32 Å². The third-order valence-corrected chi connectivity index (χ3v) is 4.00. The zero-order chi connectivity index (χ0) is 19.2. The van der Waals surface area contributed by atoms with Crippen LogP contribution in [-0.2, 0) is 13.1 Å². The Hall–Kier alpha value is -3.99. The highest BCUT2D eigenvalue weighted by atomic mass is 16.6. The maximum atomic E-state index is 12.2. The van der Waals surface area contributed by atoms with E-state index in [0.29, 0.717) is 17.7 Å². The molecule has 8 heteroatoms. The van der Waals surface area contributed by atoms with E-state index < -0.39 is 4.92 Å². The van der Waals surface area contributed by atoms with E-state index in [9.17, 15) is 14.9 Å². The molecule has 1 heterocycles. The van der Waals surface area contributed by atoms with Crippen LogP contribution in [0, 0.1) is 21.4 Å². The van der Waals surface area contributed by atoms with Gasteiger partial charge in [0.2, 0.25) is 0 Å². The molecule has 1 aromatic heterocycles. The van der Waals surface area contributed by atoms with Crippen molar-refractivity contribution in [2.45, 2.75) is 13.1 Å². The number of nitriles is 1. The van der Waals surface area contributed by atoms with E-state index in [4.69, 9.17) is 5.26 Å². The van der Waals surface area contributed by atoms with Gasteiger partial charge in [0.1, 0.15) is 0 Å². The Morgan fingerprint density at radius 1 is 1.19 bits per heavy atom. The normalized spacial score (nSPS) is 10.2. The minimum Gasteiger partial charge on any atom is -0.346 e. The lowest BCUT2D eigenvalue weighted by Crippen LogP contribution is -2.24. The number of nitrogens with zero attached hydrogens (tertiary/aromatic N) is 4. The number of nitro groups is 1. The summed E-state index contributed by atoms with van der Waals surface area (Å²) in [6.45, 7) is 0.834. The third kappa shape index (κ3) is 4.35. The molecule has 0 saturated carbocycles. The number of carbonyl (C=O) groups is 1. The molecular formula is C19H15N5O3. The van der Waals surface area contributed by atoms with Gasteiger partial charge in [0.15, 0.2) is 0 Å². The summed E-state index contributed by atoms with van der Waals surface area (Å²) < 4.78 is 1.90. The molecule has 0 aliphatic heterocycles. The second kappa shape index (κ2) is 7.93. The minimum absolute atomic E-state index is 0.0629. The van der Waals surface area contributed by atoms with Gasteiger partial charge in [-0.3, -0.25) is 14.9 Å². The van der Waals surface area contributed by atoms with Gasteiger partial charge in [-0.15, -0.1) is 0 Å². The van der Waals surface area contributed by atoms with Crippen LogP contribution in [-0.4, -0.2) is 20.4 Å². The number of benzene rings is 2. The first kappa shape index (κ1) is 17.8. The quantitative estimate of drug-likeness (QED) is 0.535. The number of hydrogen-bond donors (Lipinski definition) is 1. The van der Waals surface area contributed by atoms with E-state index in [-0.39, 0.29) is 18.1 Å². The summed E-state index contributed by atoms with van der Waals surface area (Å²) >= 11 is 0. The third-order valence-electron chi connectivity index (χ3n) is 4.00. The maximum absolute atomic E-state index is 12.2. The number of rotatable bonds is 6. The van der Waals surface area contributed by atoms with Gasteiger partial charge in [0, 0.05) is 30.4 Å². The highest BCUT2D eigenvalue weighted by Crippen LogP contribution is 2.12. The van der Waals surface area contributed by atoms with E-state index >= 15 is 0 Å². The van der Waals surface area contributed by atoms with Crippen LogP contribution in [0.2, 0.25) is 0 Å². The average Bonchev–Trinajstić information content (AvgIpc) is 3.13. The second-order valence-electron chi connectivity index (χ2n) is 5.81. The largest absolute Gasteiger partial charge is 0.346 e. The Balaban J connectivity index is 1.63. The van der Waals surface area contributed by atoms with Gasteiger partial charge in [-0.25, -0.2) is 4.98 Å². The van der Waals surface area contributed by atoms with Crippen molar-refractivity contribution in [3.8, 4) is 6.07 Å². The molecule has 0 spiro atoms. The first-order chi connectivity index (χ1) is 13.1. The molecule has 0 saturated heterocycles. The number of aromatic nitrogens is 2. The molecule has 3 aromatic rings. The van der Waals surface area contributed by atoms with E-state index in [1.807, 2.05) is 16.7 Å². The van der Waals surface area contributed by atoms with Gasteiger partial charge in [-0.1, -0.05) is 12.1 Å². The Morgan fingerprint density at radius 3 is 2.52 bits per heavy atom.